The second kappa shape index (κ2) is 3.24. The van der Waals surface area contributed by atoms with E-state index < -0.39 is 0 Å². The van der Waals surface area contributed by atoms with Gasteiger partial charge in [0, 0.05) is 13.1 Å². The molecule has 1 rings (SSSR count). The van der Waals surface area contributed by atoms with E-state index in [1.54, 1.807) is 0 Å². The molecule has 1 aliphatic rings. The third kappa shape index (κ3) is 1.73. The molecule has 0 radical (unpaired) electrons. The lowest BCUT2D eigenvalue weighted by atomic mass is 9.81. The van der Waals surface area contributed by atoms with Gasteiger partial charge in [-0.2, -0.15) is 0 Å². The average molecular weight is 155 g/mol. The first kappa shape index (κ1) is 8.57. The Morgan fingerprint density at radius 2 is 1.64 bits per heavy atom. The van der Waals surface area contributed by atoms with Gasteiger partial charge in [0.15, 0.2) is 0 Å². The Labute approximate surface area is 68.6 Å². The molecule has 1 heterocycles. The number of carbonyl (C=O) groups excluding carboxylic acids is 1. The van der Waals surface area contributed by atoms with Crippen molar-refractivity contribution < 1.29 is 4.79 Å². The van der Waals surface area contributed by atoms with Gasteiger partial charge in [-0.1, -0.05) is 20.8 Å². The van der Waals surface area contributed by atoms with Gasteiger partial charge >= 0.3 is 0 Å². The van der Waals surface area contributed by atoms with Crippen molar-refractivity contribution in [2.45, 2.75) is 20.8 Å². The Hall–Kier alpha value is -0.530. The van der Waals surface area contributed by atoms with Crippen molar-refractivity contribution in [3.05, 3.63) is 0 Å². The molecular weight excluding hydrogens is 138 g/mol. The van der Waals surface area contributed by atoms with E-state index in [4.69, 9.17) is 0 Å². The van der Waals surface area contributed by atoms with E-state index in [1.807, 2.05) is 4.90 Å². The molecule has 11 heavy (non-hydrogen) atoms. The highest BCUT2D eigenvalue weighted by Gasteiger charge is 2.27. The summed E-state index contributed by atoms with van der Waals surface area (Å²) in [6.07, 6.45) is 0.971. The third-order valence-electron chi connectivity index (χ3n) is 2.99. The van der Waals surface area contributed by atoms with Gasteiger partial charge in [0.1, 0.15) is 0 Å². The van der Waals surface area contributed by atoms with E-state index >= 15 is 0 Å². The predicted octanol–water partition coefficient (Wildman–Crippen LogP) is 1.37. The van der Waals surface area contributed by atoms with Crippen LogP contribution in [0.1, 0.15) is 20.8 Å². The zero-order chi connectivity index (χ0) is 8.43. The first-order valence-corrected chi connectivity index (χ1v) is 4.34. The van der Waals surface area contributed by atoms with E-state index in [-0.39, 0.29) is 0 Å². The highest BCUT2D eigenvalue weighted by atomic mass is 16.1. The molecule has 0 aromatic heterocycles. The molecule has 0 aromatic carbocycles. The molecule has 0 bridgehead atoms. The number of piperidine rings is 1. The molecule has 2 atom stereocenters. The summed E-state index contributed by atoms with van der Waals surface area (Å²) in [6, 6.07) is 0. The summed E-state index contributed by atoms with van der Waals surface area (Å²) >= 11 is 0. The van der Waals surface area contributed by atoms with Crippen molar-refractivity contribution in [1.29, 1.82) is 0 Å². The summed E-state index contributed by atoms with van der Waals surface area (Å²) in [5.74, 6) is 2.07. The van der Waals surface area contributed by atoms with Crippen LogP contribution >= 0.6 is 0 Å². The summed E-state index contributed by atoms with van der Waals surface area (Å²) in [6.45, 7) is 8.59. The lowest BCUT2D eigenvalue weighted by Gasteiger charge is -2.37. The quantitative estimate of drug-likeness (QED) is 0.524. The lowest BCUT2D eigenvalue weighted by molar-refractivity contribution is -0.121. The van der Waals surface area contributed by atoms with Crippen LogP contribution in [0.15, 0.2) is 0 Å². The van der Waals surface area contributed by atoms with Gasteiger partial charge in [-0.15, -0.1) is 0 Å². The fourth-order valence-corrected chi connectivity index (χ4v) is 1.79. The molecule has 2 heteroatoms. The number of hydrogen-bond donors (Lipinski definition) is 0. The highest BCUT2D eigenvalue weighted by molar-refractivity contribution is 5.47. The summed E-state index contributed by atoms with van der Waals surface area (Å²) in [4.78, 5) is 12.4. The van der Waals surface area contributed by atoms with Crippen LogP contribution in [-0.4, -0.2) is 24.4 Å². The topological polar surface area (TPSA) is 20.3 Å². The summed E-state index contributed by atoms with van der Waals surface area (Å²) in [5, 5.41) is 0. The maximum absolute atomic E-state index is 10.5. The van der Waals surface area contributed by atoms with Crippen molar-refractivity contribution in [1.82, 2.24) is 4.90 Å². The van der Waals surface area contributed by atoms with E-state index in [9.17, 15) is 4.79 Å². The zero-order valence-corrected chi connectivity index (χ0v) is 7.58. The molecule has 0 aromatic rings. The molecular formula is C9H17NO. The summed E-state index contributed by atoms with van der Waals surface area (Å²) < 4.78 is 0. The smallest absolute Gasteiger partial charge is 0.209 e. The largest absolute Gasteiger partial charge is 0.345 e. The maximum atomic E-state index is 10.5. The van der Waals surface area contributed by atoms with Crippen LogP contribution in [0, 0.1) is 17.8 Å². The molecule has 1 aliphatic heterocycles. The van der Waals surface area contributed by atoms with Crippen LogP contribution in [0.2, 0.25) is 0 Å². The predicted molar refractivity (Wildman–Crippen MR) is 45.1 cm³/mol. The minimum atomic E-state index is 0.656. The summed E-state index contributed by atoms with van der Waals surface area (Å²) in [7, 11) is 0. The fraction of sp³-hybridized carbons (Fsp3) is 0.889. The minimum Gasteiger partial charge on any atom is -0.345 e. The Morgan fingerprint density at radius 1 is 1.18 bits per heavy atom. The molecule has 2 unspecified atom stereocenters. The number of rotatable bonds is 1. The molecule has 1 amide bonds. The normalized spacial score (nSPS) is 38.8. The number of likely N-dealkylation sites (tertiary alicyclic amines) is 1. The van der Waals surface area contributed by atoms with Crippen LogP contribution in [0.4, 0.5) is 0 Å². The fourth-order valence-electron chi connectivity index (χ4n) is 1.79. The van der Waals surface area contributed by atoms with Gasteiger partial charge in [-0.05, 0) is 17.8 Å². The standard InChI is InChI=1S/C9H17NO/c1-7-4-10(6-11)5-8(2)9(7)3/h6-9H,4-5H2,1-3H3. The van der Waals surface area contributed by atoms with E-state index in [0.717, 1.165) is 25.4 Å². The second-order valence-electron chi connectivity index (χ2n) is 3.87. The van der Waals surface area contributed by atoms with Crippen LogP contribution in [0.3, 0.4) is 0 Å². The zero-order valence-electron chi connectivity index (χ0n) is 7.58. The molecule has 2 nitrogen and oxygen atoms in total. The molecule has 1 saturated heterocycles. The Bertz CT molecular complexity index is 134. The Morgan fingerprint density at radius 3 is 2.00 bits per heavy atom. The van der Waals surface area contributed by atoms with Crippen LogP contribution in [0.25, 0.3) is 0 Å². The minimum absolute atomic E-state index is 0.656. The monoisotopic (exact) mass is 155 g/mol. The number of carbonyl (C=O) groups is 1. The molecule has 0 N–H and O–H groups in total. The van der Waals surface area contributed by atoms with Crippen LogP contribution in [-0.2, 0) is 4.79 Å². The van der Waals surface area contributed by atoms with Gasteiger partial charge in [0.25, 0.3) is 0 Å². The Kier molecular flexibility index (Phi) is 2.53. The second-order valence-corrected chi connectivity index (χ2v) is 3.87. The van der Waals surface area contributed by atoms with Crippen LogP contribution in [0.5, 0.6) is 0 Å². The highest BCUT2D eigenvalue weighted by Crippen LogP contribution is 2.26. The van der Waals surface area contributed by atoms with Crippen molar-refractivity contribution in [2.75, 3.05) is 13.1 Å². The molecule has 1 fully saturated rings. The SMILES string of the molecule is CC1CN(C=O)CC(C)C1C. The van der Waals surface area contributed by atoms with Crippen molar-refractivity contribution in [2.24, 2.45) is 17.8 Å². The molecule has 0 aliphatic carbocycles. The van der Waals surface area contributed by atoms with E-state index in [0.29, 0.717) is 11.8 Å². The Balaban J connectivity index is 2.54. The summed E-state index contributed by atoms with van der Waals surface area (Å²) in [5.41, 5.74) is 0. The van der Waals surface area contributed by atoms with E-state index in [2.05, 4.69) is 20.8 Å². The van der Waals surface area contributed by atoms with E-state index in [1.165, 1.54) is 0 Å². The average Bonchev–Trinajstić information content (AvgIpc) is 1.99. The first-order valence-electron chi connectivity index (χ1n) is 4.34. The third-order valence-corrected chi connectivity index (χ3v) is 2.99. The van der Waals surface area contributed by atoms with Gasteiger partial charge in [0.05, 0.1) is 0 Å². The number of hydrogen-bond acceptors (Lipinski definition) is 1. The van der Waals surface area contributed by atoms with Crippen molar-refractivity contribution in [3.63, 3.8) is 0 Å². The van der Waals surface area contributed by atoms with Gasteiger partial charge in [-0.3, -0.25) is 4.79 Å². The molecule has 0 spiro atoms. The number of amides is 1. The van der Waals surface area contributed by atoms with Crippen molar-refractivity contribution >= 4 is 6.41 Å². The van der Waals surface area contributed by atoms with Gasteiger partial charge in [-0.25, -0.2) is 0 Å². The first-order chi connectivity index (χ1) is 5.15. The maximum Gasteiger partial charge on any atom is 0.209 e. The van der Waals surface area contributed by atoms with Gasteiger partial charge < -0.3 is 4.90 Å². The van der Waals surface area contributed by atoms with Gasteiger partial charge in [0.2, 0.25) is 6.41 Å². The molecule has 0 saturated carbocycles. The lowest BCUT2D eigenvalue weighted by Crippen LogP contribution is -2.42. The van der Waals surface area contributed by atoms with Crippen LogP contribution < -0.4 is 0 Å². The number of nitrogens with zero attached hydrogens (tertiary/aromatic N) is 1. The molecule has 64 valence electrons. The van der Waals surface area contributed by atoms with Crippen molar-refractivity contribution in [3.8, 4) is 0 Å².